The second-order valence-corrected chi connectivity index (χ2v) is 54.1. The van der Waals surface area contributed by atoms with Gasteiger partial charge in [0.05, 0.1) is 59.0 Å². The zero-order valence-corrected chi connectivity index (χ0v) is 98.0. The van der Waals surface area contributed by atoms with Crippen LogP contribution in [0.15, 0.2) is 76.1 Å². The van der Waals surface area contributed by atoms with Gasteiger partial charge < -0.3 is 15.0 Å². The van der Waals surface area contributed by atoms with E-state index in [1.807, 2.05) is 115 Å². The number of halogens is 1. The molecule has 0 aliphatic heterocycles. The molecule has 8 aromatic rings. The molecule has 7 aliphatic rings. The summed E-state index contributed by atoms with van der Waals surface area (Å²) in [5, 5.41) is 19.0. The number of thiophene rings is 6. The first-order valence-electron chi connectivity index (χ1n) is 38.3. The number of aromatic nitrogens is 4. The standard InChI is InChI=1S/C17H20N2OS3.C12H15NOS2.C11H10N2S3.C11H12O2S2.C10H10O3S2.C9H10OS2.C6H11BrO.C6H8O2.CH4.S5.S4.S3.S2.H2S/c1-17(2,3)12(20)9-23-16-18-7-10-5-6-11-8-22-15(21-4)13(11)14(10)19-16;1-13(2)6-8-4-5-9-7-16-12(15-3)10(9)11(8)14;1-15-10-8-7(5-16-10)3-2-6-4-12-11(14)13-9(6)8;1-6(12)10-7-4-3-5-8(13)9(7)11(14-2)15-10;1-14-10-7-5(3-2-4-6(7)11)8(15-10)9(12)13;1-11-9-8-6(5-12-9)3-2-4-7(8)10;1-6(2,3)5(8)4-7;7-5-2-1-3-6(8)4-5;;1-3-5-4-2;1-3-4-2;1-3-2;1-2;/h7-8H,5-6,9H2,1-4H3;6-7H,4-5H2,1-3H3;4-5H,2-3H2,1H3,(H,12,13,14);3-5H2,1-2H3;2-4H2,1H3,(H,12,13);5H,2-4H2,1H3;4H2,1-3H3;1-4H2;1H4;;;;;1H2. The van der Waals surface area contributed by atoms with Crippen LogP contribution in [-0.2, 0) is 213 Å². The maximum Gasteiger partial charge on any atom is 0.346 e. The van der Waals surface area contributed by atoms with Gasteiger partial charge in [0.15, 0.2) is 38.8 Å². The Balaban J connectivity index is 0.000000495. The van der Waals surface area contributed by atoms with Gasteiger partial charge in [-0.1, -0.05) is 76.7 Å². The van der Waals surface area contributed by atoms with Crippen molar-refractivity contribution >= 4 is 393 Å². The van der Waals surface area contributed by atoms with Crippen molar-refractivity contribution in [3.63, 3.8) is 0 Å². The molecule has 2 N–H and O–H groups in total. The Morgan fingerprint density at radius 2 is 0.907 bits per heavy atom. The van der Waals surface area contributed by atoms with Gasteiger partial charge in [0.2, 0.25) is 0 Å². The van der Waals surface area contributed by atoms with Crippen LogP contribution in [-0.4, -0.2) is 151 Å². The number of nitrogens with zero attached hydrogens (tertiary/aromatic N) is 4. The van der Waals surface area contributed by atoms with Gasteiger partial charge in [-0.2, -0.15) is 13.5 Å². The lowest BCUT2D eigenvalue weighted by Gasteiger charge is -2.18. The van der Waals surface area contributed by atoms with Gasteiger partial charge in [-0.3, -0.25) is 43.2 Å². The molecular formula is C83H102BrN5O11S29. The maximum absolute atomic E-state index is 12.3. The minimum absolute atomic E-state index is 0. The third-order valence-corrected chi connectivity index (χ3v) is 40.7. The summed E-state index contributed by atoms with van der Waals surface area (Å²) in [7, 11) is 11.1. The van der Waals surface area contributed by atoms with Gasteiger partial charge in [0.1, 0.15) is 28.0 Å². The summed E-state index contributed by atoms with van der Waals surface area (Å²) in [6.45, 7) is 13.2. The highest BCUT2D eigenvalue weighted by atomic mass is 79.9. The van der Waals surface area contributed by atoms with Crippen LogP contribution < -0.4 is 0 Å². The number of fused-ring (bicyclic) bond motifs is 10. The number of ketones is 9. The second kappa shape index (κ2) is 65.1. The topological polar surface area (TPSA) is 249 Å². The van der Waals surface area contributed by atoms with E-state index in [2.05, 4.69) is 154 Å². The van der Waals surface area contributed by atoms with Crippen molar-refractivity contribution in [1.29, 1.82) is 0 Å². The third-order valence-electron chi connectivity index (χ3n) is 18.9. The van der Waals surface area contributed by atoms with Gasteiger partial charge in [-0.05, 0) is 206 Å². The van der Waals surface area contributed by atoms with E-state index in [4.69, 9.17) is 22.3 Å². The highest BCUT2D eigenvalue weighted by molar-refractivity contribution is 9.09. The summed E-state index contributed by atoms with van der Waals surface area (Å²) in [5.41, 5.74) is 18.5. The Hall–Kier alpha value is -1.02. The van der Waals surface area contributed by atoms with Crippen LogP contribution in [0.25, 0.3) is 22.5 Å². The molecule has 1 saturated carbocycles. The van der Waals surface area contributed by atoms with Crippen molar-refractivity contribution in [3.05, 3.63) is 127 Å². The predicted octanol–water partition coefficient (Wildman–Crippen LogP) is 23.7. The number of carbonyl (C=O) groups is 10. The van der Waals surface area contributed by atoms with Crippen molar-refractivity contribution in [2.75, 3.05) is 62.7 Å². The lowest BCUT2D eigenvalue weighted by molar-refractivity contribution is -0.129. The molecule has 0 aromatic carbocycles. The molecule has 0 unspecified atom stereocenters. The molecule has 0 amide bonds. The highest BCUT2D eigenvalue weighted by Crippen LogP contribution is 2.46. The van der Waals surface area contributed by atoms with Crippen molar-refractivity contribution in [2.45, 2.75) is 208 Å². The fraction of sp³-hybridized carbons (Fsp3) is 0.470. The van der Waals surface area contributed by atoms with E-state index in [1.165, 1.54) is 153 Å². The number of allylic oxidation sites excluding steroid dienone is 1. The Bertz CT molecular complexity index is 5420. The van der Waals surface area contributed by atoms with Crippen LogP contribution in [0.1, 0.15) is 232 Å². The number of aryl methyl sites for hydroxylation is 6. The number of Topliss-reactive ketones (excluding diaryl/α,β-unsaturated/α-hetero) is 9. The number of carboxylic acid groups (broad SMARTS) is 1. The minimum Gasteiger partial charge on any atom is -0.477 e. The molecule has 0 atom stereocenters. The number of hydrogen-bond donors (Lipinski definition) is 2. The molecule has 706 valence electrons. The molecule has 16 nitrogen and oxygen atoms in total. The van der Waals surface area contributed by atoms with E-state index in [0.29, 0.717) is 62.9 Å². The number of thioether (sulfide) groups is 7. The second-order valence-electron chi connectivity index (χ2n) is 29.6. The number of aromatic carboxylic acids is 1. The van der Waals surface area contributed by atoms with Crippen LogP contribution in [0.3, 0.4) is 0 Å². The van der Waals surface area contributed by atoms with E-state index in [1.54, 1.807) is 99.7 Å². The predicted molar refractivity (Wildman–Crippen MR) is 606 cm³/mol. The Kier molecular flexibility index (Phi) is 62.6. The molecule has 0 radical (unpaired) electrons. The molecule has 129 heavy (non-hydrogen) atoms. The number of hydrogen-bond acceptors (Lipinski definition) is 36. The Labute approximate surface area is 889 Å². The lowest BCUT2D eigenvalue weighted by Crippen LogP contribution is -2.22. The third kappa shape index (κ3) is 38.8. The number of alkyl halides is 1. The summed E-state index contributed by atoms with van der Waals surface area (Å²) in [4.78, 5) is 133. The van der Waals surface area contributed by atoms with E-state index in [9.17, 15) is 47.9 Å². The number of aromatic amines is 1. The minimum atomic E-state index is -0.911. The molecule has 0 bridgehead atoms. The summed E-state index contributed by atoms with van der Waals surface area (Å²) in [6.07, 6.45) is 33.6. The number of nitrogens with one attached hydrogen (secondary N) is 1. The number of carbonyl (C=O) groups excluding carboxylic acids is 9. The molecule has 1 fully saturated rings. The smallest absolute Gasteiger partial charge is 0.346 e. The normalized spacial score (nSPS) is 13.8. The van der Waals surface area contributed by atoms with Gasteiger partial charge in [-0.25, -0.2) is 19.7 Å². The van der Waals surface area contributed by atoms with Crippen LogP contribution in [0.2, 0.25) is 0 Å². The lowest BCUT2D eigenvalue weighted by atomic mass is 9.90. The fourth-order valence-electron chi connectivity index (χ4n) is 12.9. The van der Waals surface area contributed by atoms with E-state index < -0.39 is 5.97 Å². The Morgan fingerprint density at radius 1 is 0.512 bits per heavy atom. The summed E-state index contributed by atoms with van der Waals surface area (Å²) in [5.74, 6) is 1.19. The van der Waals surface area contributed by atoms with Crippen LogP contribution >= 0.6 is 192 Å². The fourth-order valence-corrected chi connectivity index (χ4v) is 28.8. The van der Waals surface area contributed by atoms with E-state index in [-0.39, 0.29) is 84.4 Å². The van der Waals surface area contributed by atoms with E-state index in [0.717, 1.165) is 155 Å². The molecule has 8 aromatic heterocycles. The van der Waals surface area contributed by atoms with Gasteiger partial charge in [-0.15, -0.1) is 139 Å². The first kappa shape index (κ1) is 124. The first-order chi connectivity index (χ1) is 60.5. The highest BCUT2D eigenvalue weighted by Gasteiger charge is 2.33. The monoisotopic (exact) mass is 2350 g/mol. The first-order valence-corrected chi connectivity index (χ1v) is 66.7. The van der Waals surface area contributed by atoms with Crippen LogP contribution in [0.4, 0.5) is 0 Å². The van der Waals surface area contributed by atoms with Gasteiger partial charge in [0.25, 0.3) is 0 Å². The molecule has 46 heteroatoms. The zero-order valence-electron chi connectivity index (χ0n) is 72.5. The number of H-pyrrole nitrogens is 1. The van der Waals surface area contributed by atoms with Gasteiger partial charge in [0, 0.05) is 257 Å². The zero-order chi connectivity index (χ0) is 95.0. The largest absolute Gasteiger partial charge is 0.477 e. The van der Waals surface area contributed by atoms with Crippen molar-refractivity contribution in [2.24, 2.45) is 10.8 Å². The maximum atomic E-state index is 12.3. The summed E-state index contributed by atoms with van der Waals surface area (Å²) in [6, 6.07) is 0. The van der Waals surface area contributed by atoms with Crippen molar-refractivity contribution in [1.82, 2.24) is 24.8 Å². The average molecular weight is 2360 g/mol. The molecule has 0 saturated heterocycles. The van der Waals surface area contributed by atoms with E-state index >= 15 is 0 Å². The number of rotatable bonds is 13. The molecule has 8 heterocycles. The Morgan fingerprint density at radius 3 is 1.33 bits per heavy atom. The number of carboxylic acids is 1. The summed E-state index contributed by atoms with van der Waals surface area (Å²) >= 11 is 62.5. The average Bonchev–Trinajstić information content (AvgIpc) is 1.72. The quantitative estimate of drug-likeness (QED) is 0.0207. The van der Waals surface area contributed by atoms with Crippen molar-refractivity contribution in [3.8, 4) is 22.5 Å². The van der Waals surface area contributed by atoms with Crippen LogP contribution in [0.5, 0.6) is 0 Å². The summed E-state index contributed by atoms with van der Waals surface area (Å²) < 4.78 is 7.49. The molecule has 15 rings (SSSR count). The molecular weight excluding hydrogens is 2250 g/mol. The molecule has 7 aliphatic carbocycles. The molecule has 0 spiro atoms. The van der Waals surface area contributed by atoms with Gasteiger partial charge >= 0.3 is 5.97 Å². The SMILES string of the molecule is C.CC(C)(C)C(=O)CBr.CSc1sc(C(=O)O)c2c1C(=O)CCC2.CSc1sc(C(C)=O)c2c1C(=O)CCC2.CSc1scc2c1-c1[nH]c(=S)ncc1CC2.CSc1scc2c1-c1nc(SCC(=O)C(C)(C)C)ncc1CC2.CSc1scc2c1C(=O)C(=CN(C)C)CC2.CSc1scc2c1C(=O)CCC2.O=C1CCCC(=O)C1.S.S=S.S=S=S.S=S=S=S.S=S=S=S=S. The van der Waals surface area contributed by atoms with Crippen molar-refractivity contribution < 1.29 is 53.1 Å². The van der Waals surface area contributed by atoms with Crippen LogP contribution in [0, 0.1) is 15.6 Å².